The number of carbonyl (C=O) groups is 4. The number of ether oxygens (including phenoxy) is 1. The minimum absolute atomic E-state index is 0.00837. The van der Waals surface area contributed by atoms with E-state index in [2.05, 4.69) is 10.6 Å². The molecule has 3 rings (SSSR count). The van der Waals surface area contributed by atoms with Gasteiger partial charge in [-0.15, -0.1) is 0 Å². The monoisotopic (exact) mass is 405 g/mol. The lowest BCUT2D eigenvalue weighted by atomic mass is 9.73. The molecule has 1 saturated heterocycles. The maximum Gasteiger partial charge on any atom is 0.326 e. The third-order valence-corrected chi connectivity index (χ3v) is 5.56. The summed E-state index contributed by atoms with van der Waals surface area (Å²) in [4.78, 5) is 49.7. The maximum atomic E-state index is 12.9. The summed E-state index contributed by atoms with van der Waals surface area (Å²) >= 11 is 0. The molecule has 1 aromatic rings. The van der Waals surface area contributed by atoms with Crippen molar-refractivity contribution in [1.82, 2.24) is 15.5 Å². The Balaban J connectivity index is 1.46. The van der Waals surface area contributed by atoms with E-state index in [1.807, 2.05) is 6.92 Å². The van der Waals surface area contributed by atoms with Gasteiger partial charge in [-0.25, -0.2) is 9.18 Å². The van der Waals surface area contributed by atoms with E-state index in [-0.39, 0.29) is 18.3 Å². The second kappa shape index (κ2) is 8.59. The van der Waals surface area contributed by atoms with Crippen LogP contribution in [0.5, 0.6) is 0 Å². The van der Waals surface area contributed by atoms with Gasteiger partial charge in [0.2, 0.25) is 0 Å². The van der Waals surface area contributed by atoms with E-state index in [1.54, 1.807) is 0 Å². The highest BCUT2D eigenvalue weighted by molar-refractivity contribution is 6.09. The number of nitrogens with one attached hydrogen (secondary N) is 2. The summed E-state index contributed by atoms with van der Waals surface area (Å²) in [6.45, 7) is 1.00. The number of benzene rings is 1. The van der Waals surface area contributed by atoms with Gasteiger partial charge in [-0.2, -0.15) is 0 Å². The molecule has 29 heavy (non-hydrogen) atoms. The average molecular weight is 405 g/mol. The number of hydrogen-bond acceptors (Lipinski definition) is 5. The molecule has 9 heteroatoms. The summed E-state index contributed by atoms with van der Waals surface area (Å²) in [5.41, 5.74) is -0.250. The van der Waals surface area contributed by atoms with Gasteiger partial charge in [0.05, 0.1) is 0 Å². The molecule has 0 radical (unpaired) electrons. The van der Waals surface area contributed by atoms with Crippen molar-refractivity contribution >= 4 is 23.8 Å². The number of halogens is 1. The van der Waals surface area contributed by atoms with Crippen molar-refractivity contribution in [2.24, 2.45) is 5.92 Å². The second-order valence-electron chi connectivity index (χ2n) is 7.50. The first-order valence-corrected chi connectivity index (χ1v) is 9.63. The van der Waals surface area contributed by atoms with E-state index in [0.29, 0.717) is 12.0 Å². The molecule has 1 aliphatic carbocycles. The molecule has 0 unspecified atom stereocenters. The predicted octanol–water partition coefficient (Wildman–Crippen LogP) is 1.49. The Morgan fingerprint density at radius 2 is 2.00 bits per heavy atom. The van der Waals surface area contributed by atoms with E-state index >= 15 is 0 Å². The maximum absolute atomic E-state index is 12.9. The third kappa shape index (κ3) is 4.55. The lowest BCUT2D eigenvalue weighted by molar-refractivity contribution is -0.151. The molecule has 156 valence electrons. The van der Waals surface area contributed by atoms with Crippen LogP contribution >= 0.6 is 0 Å². The summed E-state index contributed by atoms with van der Waals surface area (Å²) in [7, 11) is 0. The molecule has 8 nitrogen and oxygen atoms in total. The van der Waals surface area contributed by atoms with Crippen LogP contribution in [0.25, 0.3) is 0 Å². The molecule has 2 N–H and O–H groups in total. The van der Waals surface area contributed by atoms with E-state index in [0.717, 1.165) is 24.2 Å². The molecule has 1 saturated carbocycles. The highest BCUT2D eigenvalue weighted by atomic mass is 19.1. The van der Waals surface area contributed by atoms with Crippen LogP contribution in [0.4, 0.5) is 9.18 Å². The van der Waals surface area contributed by atoms with Crippen LogP contribution in [0.15, 0.2) is 24.3 Å². The van der Waals surface area contributed by atoms with Crippen molar-refractivity contribution in [3.8, 4) is 0 Å². The largest absolute Gasteiger partial charge is 0.454 e. The molecule has 4 amide bonds. The number of hydrogen-bond donors (Lipinski definition) is 2. The molecule has 0 aromatic heterocycles. The lowest BCUT2D eigenvalue weighted by Gasteiger charge is -2.36. The fourth-order valence-electron chi connectivity index (χ4n) is 3.81. The second-order valence-corrected chi connectivity index (χ2v) is 7.50. The summed E-state index contributed by atoms with van der Waals surface area (Å²) in [6, 6.07) is 5.00. The van der Waals surface area contributed by atoms with Gasteiger partial charge in [-0.05, 0) is 36.5 Å². The summed E-state index contributed by atoms with van der Waals surface area (Å²) in [5.74, 6) is -2.18. The quantitative estimate of drug-likeness (QED) is 0.551. The van der Waals surface area contributed by atoms with Crippen molar-refractivity contribution < 1.29 is 28.3 Å². The highest BCUT2D eigenvalue weighted by Crippen LogP contribution is 2.38. The smallest absolute Gasteiger partial charge is 0.326 e. The molecule has 2 fully saturated rings. The van der Waals surface area contributed by atoms with E-state index in [9.17, 15) is 23.6 Å². The molecule has 1 heterocycles. The van der Waals surface area contributed by atoms with E-state index in [4.69, 9.17) is 4.74 Å². The third-order valence-electron chi connectivity index (χ3n) is 5.56. The molecule has 1 aliphatic heterocycles. The molecule has 1 spiro atoms. The molecular formula is C20H24FN3O5. The molecule has 2 atom stereocenters. The van der Waals surface area contributed by atoms with Crippen molar-refractivity contribution in [1.29, 1.82) is 0 Å². The SMILES string of the molecule is C[C@H]1CCCC[C@@]12NC(=O)N(CC(=O)OCC(=O)NCc1ccc(F)cc1)C2=O. The Morgan fingerprint density at radius 3 is 2.69 bits per heavy atom. The van der Waals surface area contributed by atoms with Crippen LogP contribution in [-0.4, -0.2) is 47.4 Å². The van der Waals surface area contributed by atoms with Gasteiger partial charge < -0.3 is 15.4 Å². The summed E-state index contributed by atoms with van der Waals surface area (Å²) in [6.07, 6.45) is 3.22. The predicted molar refractivity (Wildman–Crippen MR) is 99.8 cm³/mol. The van der Waals surface area contributed by atoms with Gasteiger partial charge in [0, 0.05) is 6.54 Å². The fraction of sp³-hybridized carbons (Fsp3) is 0.500. The number of carbonyl (C=O) groups excluding carboxylic acids is 4. The van der Waals surface area contributed by atoms with Gasteiger partial charge >= 0.3 is 12.0 Å². The van der Waals surface area contributed by atoms with Gasteiger partial charge in [-0.1, -0.05) is 31.9 Å². The van der Waals surface area contributed by atoms with Gasteiger partial charge in [0.25, 0.3) is 11.8 Å². The molecule has 1 aromatic carbocycles. The topological polar surface area (TPSA) is 105 Å². The Labute approximate surface area is 167 Å². The molecular weight excluding hydrogens is 381 g/mol. The van der Waals surface area contributed by atoms with Gasteiger partial charge in [0.1, 0.15) is 17.9 Å². The number of nitrogens with zero attached hydrogens (tertiary/aromatic N) is 1. The number of urea groups is 1. The Bertz CT molecular complexity index is 813. The van der Waals surface area contributed by atoms with Crippen molar-refractivity contribution in [2.45, 2.75) is 44.7 Å². The van der Waals surface area contributed by atoms with Crippen LogP contribution in [0.1, 0.15) is 38.2 Å². The summed E-state index contributed by atoms with van der Waals surface area (Å²) < 4.78 is 17.7. The molecule has 2 aliphatic rings. The standard InChI is InChI=1S/C20H24FN3O5/c1-13-4-2-3-9-20(13)18(27)24(19(28)23-20)11-17(26)29-12-16(25)22-10-14-5-7-15(21)8-6-14/h5-8,13H,2-4,9-12H2,1H3,(H,22,25)(H,23,28)/t13-,20+/m0/s1. The zero-order chi connectivity index (χ0) is 21.0. The van der Waals surface area contributed by atoms with Crippen molar-refractivity contribution in [3.63, 3.8) is 0 Å². The number of rotatable bonds is 6. The normalized spacial score (nSPS) is 23.8. The van der Waals surface area contributed by atoms with Gasteiger partial charge in [-0.3, -0.25) is 19.3 Å². The average Bonchev–Trinajstić information content (AvgIpc) is 2.93. The zero-order valence-electron chi connectivity index (χ0n) is 16.2. The van der Waals surface area contributed by atoms with Gasteiger partial charge in [0.15, 0.2) is 6.61 Å². The van der Waals surface area contributed by atoms with Crippen LogP contribution in [-0.2, 0) is 25.7 Å². The molecule has 0 bridgehead atoms. The minimum atomic E-state index is -0.942. The van der Waals surface area contributed by atoms with Crippen molar-refractivity contribution in [3.05, 3.63) is 35.6 Å². The van der Waals surface area contributed by atoms with Crippen molar-refractivity contribution in [2.75, 3.05) is 13.2 Å². The Morgan fingerprint density at radius 1 is 1.28 bits per heavy atom. The van der Waals surface area contributed by atoms with Crippen LogP contribution in [0.2, 0.25) is 0 Å². The number of imide groups is 1. The Kier molecular flexibility index (Phi) is 6.14. The highest BCUT2D eigenvalue weighted by Gasteiger charge is 2.55. The first kappa shape index (κ1) is 20.8. The minimum Gasteiger partial charge on any atom is -0.454 e. The van der Waals surface area contributed by atoms with Crippen LogP contribution in [0.3, 0.4) is 0 Å². The van der Waals surface area contributed by atoms with E-state index < -0.39 is 42.5 Å². The van der Waals surface area contributed by atoms with Crippen LogP contribution in [0, 0.1) is 11.7 Å². The fourth-order valence-corrected chi connectivity index (χ4v) is 3.81. The number of amides is 4. The van der Waals surface area contributed by atoms with Crippen LogP contribution < -0.4 is 10.6 Å². The first-order chi connectivity index (χ1) is 13.8. The summed E-state index contributed by atoms with van der Waals surface area (Å²) in [5, 5.41) is 5.29. The zero-order valence-corrected chi connectivity index (χ0v) is 16.2. The van der Waals surface area contributed by atoms with E-state index in [1.165, 1.54) is 24.3 Å². The lowest BCUT2D eigenvalue weighted by Crippen LogP contribution is -2.54. The first-order valence-electron chi connectivity index (χ1n) is 9.63. The Hall–Kier alpha value is -2.97. The number of esters is 1.